The van der Waals surface area contributed by atoms with E-state index in [2.05, 4.69) is 15.5 Å². The van der Waals surface area contributed by atoms with Gasteiger partial charge in [-0.3, -0.25) is 9.36 Å². The van der Waals surface area contributed by atoms with Gasteiger partial charge in [0.05, 0.1) is 31.3 Å². The fourth-order valence-electron chi connectivity index (χ4n) is 2.58. The van der Waals surface area contributed by atoms with Crippen molar-refractivity contribution in [1.29, 1.82) is 0 Å². The fraction of sp³-hybridized carbons (Fsp3) is 0.562. The smallest absolute Gasteiger partial charge is 0.230 e. The SMILES string of the molecule is COCCn1c(SCC(=O)NCC2CCCO2)nnc1-c1ccco1. The van der Waals surface area contributed by atoms with E-state index in [1.807, 2.05) is 10.6 Å². The van der Waals surface area contributed by atoms with Gasteiger partial charge in [0.25, 0.3) is 0 Å². The number of carbonyl (C=O) groups is 1. The summed E-state index contributed by atoms with van der Waals surface area (Å²) in [5, 5.41) is 11.9. The second kappa shape index (κ2) is 9.02. The molecule has 1 aliphatic rings. The van der Waals surface area contributed by atoms with Crippen molar-refractivity contribution in [2.24, 2.45) is 0 Å². The van der Waals surface area contributed by atoms with Crippen LogP contribution in [0.15, 0.2) is 28.0 Å². The highest BCUT2D eigenvalue weighted by molar-refractivity contribution is 7.99. The van der Waals surface area contributed by atoms with Crippen LogP contribution in [0.5, 0.6) is 0 Å². The molecule has 1 aliphatic heterocycles. The van der Waals surface area contributed by atoms with Gasteiger partial charge in [-0.05, 0) is 25.0 Å². The topological polar surface area (TPSA) is 91.4 Å². The number of hydrogen-bond donors (Lipinski definition) is 1. The Kier molecular flexibility index (Phi) is 6.48. The maximum Gasteiger partial charge on any atom is 0.230 e. The quantitative estimate of drug-likeness (QED) is 0.674. The van der Waals surface area contributed by atoms with Crippen LogP contribution in [0.1, 0.15) is 12.8 Å². The molecular formula is C16H22N4O4S. The third-order valence-electron chi connectivity index (χ3n) is 3.86. The highest BCUT2D eigenvalue weighted by Gasteiger charge is 2.19. The second-order valence-corrected chi connectivity index (χ2v) is 6.60. The minimum absolute atomic E-state index is 0.0404. The number of amides is 1. The van der Waals surface area contributed by atoms with Gasteiger partial charge in [-0.1, -0.05) is 11.8 Å². The van der Waals surface area contributed by atoms with Crippen LogP contribution in [0.25, 0.3) is 11.6 Å². The molecule has 25 heavy (non-hydrogen) atoms. The number of thioether (sulfide) groups is 1. The maximum absolute atomic E-state index is 12.0. The lowest BCUT2D eigenvalue weighted by Crippen LogP contribution is -2.33. The standard InChI is InChI=1S/C16H22N4O4S/c1-22-9-6-20-15(13-5-3-8-24-13)18-19-16(20)25-11-14(21)17-10-12-4-2-7-23-12/h3,5,8,12H,2,4,6-7,9-11H2,1H3,(H,17,21). The molecule has 0 spiro atoms. The Morgan fingerprint density at radius 3 is 3.16 bits per heavy atom. The van der Waals surface area contributed by atoms with Gasteiger partial charge in [0.15, 0.2) is 10.9 Å². The monoisotopic (exact) mass is 366 g/mol. The molecule has 3 rings (SSSR count). The van der Waals surface area contributed by atoms with E-state index in [1.54, 1.807) is 19.4 Å². The number of carbonyl (C=O) groups excluding carboxylic acids is 1. The van der Waals surface area contributed by atoms with Crippen LogP contribution < -0.4 is 5.32 Å². The Balaban J connectivity index is 1.58. The van der Waals surface area contributed by atoms with Crippen LogP contribution >= 0.6 is 11.8 Å². The molecule has 0 aliphatic carbocycles. The number of aromatic nitrogens is 3. The molecule has 1 fully saturated rings. The van der Waals surface area contributed by atoms with Crippen LogP contribution in [-0.4, -0.2) is 59.4 Å². The van der Waals surface area contributed by atoms with Crippen LogP contribution in [0.2, 0.25) is 0 Å². The van der Waals surface area contributed by atoms with Crippen LogP contribution in [0, 0.1) is 0 Å². The summed E-state index contributed by atoms with van der Waals surface area (Å²) in [7, 11) is 1.64. The summed E-state index contributed by atoms with van der Waals surface area (Å²) >= 11 is 1.35. The largest absolute Gasteiger partial charge is 0.461 e. The van der Waals surface area contributed by atoms with Crippen LogP contribution in [0.3, 0.4) is 0 Å². The lowest BCUT2D eigenvalue weighted by atomic mass is 10.2. The number of hydrogen-bond acceptors (Lipinski definition) is 7. The molecule has 0 bridgehead atoms. The minimum Gasteiger partial charge on any atom is -0.461 e. The summed E-state index contributed by atoms with van der Waals surface area (Å²) in [6, 6.07) is 3.63. The predicted molar refractivity (Wildman–Crippen MR) is 92.3 cm³/mol. The van der Waals surface area contributed by atoms with Gasteiger partial charge < -0.3 is 19.2 Å². The van der Waals surface area contributed by atoms with Crippen molar-refractivity contribution in [3.8, 4) is 11.6 Å². The van der Waals surface area contributed by atoms with Crippen molar-refractivity contribution in [2.45, 2.75) is 30.6 Å². The first kappa shape index (κ1) is 18.0. The van der Waals surface area contributed by atoms with Crippen molar-refractivity contribution in [1.82, 2.24) is 20.1 Å². The molecule has 1 unspecified atom stereocenters. The number of rotatable bonds is 9. The summed E-state index contributed by atoms with van der Waals surface area (Å²) in [5.74, 6) is 1.50. The first-order chi connectivity index (χ1) is 12.3. The van der Waals surface area contributed by atoms with Crippen LogP contribution in [0.4, 0.5) is 0 Å². The number of ether oxygens (including phenoxy) is 2. The third kappa shape index (κ3) is 4.83. The van der Waals surface area contributed by atoms with Crippen molar-refractivity contribution < 1.29 is 18.7 Å². The van der Waals surface area contributed by atoms with Gasteiger partial charge in [0, 0.05) is 20.3 Å². The molecule has 136 valence electrons. The van der Waals surface area contributed by atoms with E-state index in [4.69, 9.17) is 13.9 Å². The average Bonchev–Trinajstić information content (AvgIpc) is 3.37. The average molecular weight is 366 g/mol. The van der Waals surface area contributed by atoms with Gasteiger partial charge in [-0.2, -0.15) is 0 Å². The van der Waals surface area contributed by atoms with Gasteiger partial charge >= 0.3 is 0 Å². The first-order valence-electron chi connectivity index (χ1n) is 8.25. The Morgan fingerprint density at radius 2 is 2.44 bits per heavy atom. The number of furan rings is 1. The molecule has 8 nitrogen and oxygen atoms in total. The lowest BCUT2D eigenvalue weighted by molar-refractivity contribution is -0.119. The Hall–Kier alpha value is -1.84. The minimum atomic E-state index is -0.0404. The molecule has 0 aromatic carbocycles. The highest BCUT2D eigenvalue weighted by atomic mass is 32.2. The molecule has 1 N–H and O–H groups in total. The molecule has 2 aromatic rings. The first-order valence-corrected chi connectivity index (χ1v) is 9.23. The van der Waals surface area contributed by atoms with E-state index in [9.17, 15) is 4.79 Å². The summed E-state index contributed by atoms with van der Waals surface area (Å²) in [6.45, 7) is 2.45. The zero-order chi connectivity index (χ0) is 17.5. The molecule has 0 radical (unpaired) electrons. The fourth-order valence-corrected chi connectivity index (χ4v) is 3.38. The summed E-state index contributed by atoms with van der Waals surface area (Å²) in [4.78, 5) is 12.0. The normalized spacial score (nSPS) is 17.1. The number of nitrogens with one attached hydrogen (secondary N) is 1. The molecule has 1 atom stereocenters. The highest BCUT2D eigenvalue weighted by Crippen LogP contribution is 2.24. The van der Waals surface area contributed by atoms with E-state index >= 15 is 0 Å². The van der Waals surface area contributed by atoms with Crippen molar-refractivity contribution in [3.05, 3.63) is 18.4 Å². The molecule has 2 aromatic heterocycles. The molecule has 1 amide bonds. The van der Waals surface area contributed by atoms with E-state index in [0.717, 1.165) is 19.4 Å². The molecule has 0 saturated carbocycles. The molecule has 1 saturated heterocycles. The zero-order valence-electron chi connectivity index (χ0n) is 14.1. The molecule has 9 heteroatoms. The number of nitrogens with zero attached hydrogens (tertiary/aromatic N) is 3. The van der Waals surface area contributed by atoms with Crippen molar-refractivity contribution in [3.63, 3.8) is 0 Å². The maximum atomic E-state index is 12.0. The van der Waals surface area contributed by atoms with E-state index in [-0.39, 0.29) is 17.8 Å². The van der Waals surface area contributed by atoms with Crippen molar-refractivity contribution in [2.75, 3.05) is 32.6 Å². The van der Waals surface area contributed by atoms with Gasteiger partial charge in [0.2, 0.25) is 11.7 Å². The second-order valence-electron chi connectivity index (χ2n) is 5.66. The number of methoxy groups -OCH3 is 1. The Bertz CT molecular complexity index is 668. The van der Waals surface area contributed by atoms with Gasteiger partial charge in [0.1, 0.15) is 0 Å². The molecule has 3 heterocycles. The van der Waals surface area contributed by atoms with Crippen molar-refractivity contribution >= 4 is 17.7 Å². The predicted octanol–water partition coefficient (Wildman–Crippen LogP) is 1.57. The molecular weight excluding hydrogens is 344 g/mol. The third-order valence-corrected chi connectivity index (χ3v) is 4.83. The Morgan fingerprint density at radius 1 is 1.52 bits per heavy atom. The summed E-state index contributed by atoms with van der Waals surface area (Å²) in [5.41, 5.74) is 0. The van der Waals surface area contributed by atoms with Gasteiger partial charge in [-0.15, -0.1) is 10.2 Å². The summed E-state index contributed by atoms with van der Waals surface area (Å²) in [6.07, 6.45) is 3.80. The van der Waals surface area contributed by atoms with Gasteiger partial charge in [-0.25, -0.2) is 0 Å². The van der Waals surface area contributed by atoms with E-state index < -0.39 is 0 Å². The summed E-state index contributed by atoms with van der Waals surface area (Å²) < 4.78 is 18.0. The zero-order valence-corrected chi connectivity index (χ0v) is 15.0. The van der Waals surface area contributed by atoms with E-state index in [0.29, 0.717) is 36.4 Å². The lowest BCUT2D eigenvalue weighted by Gasteiger charge is -2.11. The van der Waals surface area contributed by atoms with E-state index in [1.165, 1.54) is 11.8 Å². The van der Waals surface area contributed by atoms with Crippen LogP contribution in [-0.2, 0) is 20.8 Å². The Labute approximate surface area is 150 Å².